The van der Waals surface area contributed by atoms with E-state index >= 15 is 0 Å². The van der Waals surface area contributed by atoms with E-state index in [4.69, 9.17) is 0 Å². The number of nitrogens with one attached hydrogen (secondary N) is 1. The SMILES string of the molecule is CCC1(CNS(=O)(=O)c2cccc(C(C)=O)c2)CCCC1. The minimum atomic E-state index is -3.55. The van der Waals surface area contributed by atoms with Gasteiger partial charge in [-0.2, -0.15) is 0 Å². The van der Waals surface area contributed by atoms with Gasteiger partial charge in [0.05, 0.1) is 4.90 Å². The normalized spacial score (nSPS) is 17.8. The minimum absolute atomic E-state index is 0.102. The Morgan fingerprint density at radius 2 is 1.95 bits per heavy atom. The fourth-order valence-electron chi connectivity index (χ4n) is 2.99. The third-order valence-corrected chi connectivity index (χ3v) is 6.00. The zero-order valence-corrected chi connectivity index (χ0v) is 13.5. The van der Waals surface area contributed by atoms with Crippen molar-refractivity contribution in [2.24, 2.45) is 5.41 Å². The first kappa shape index (κ1) is 16.2. The first-order valence-corrected chi connectivity index (χ1v) is 8.98. The molecule has 2 rings (SSSR count). The van der Waals surface area contributed by atoms with Crippen molar-refractivity contribution in [2.45, 2.75) is 50.8 Å². The molecular weight excluding hydrogens is 286 g/mol. The van der Waals surface area contributed by atoms with Crippen LogP contribution in [0, 0.1) is 5.41 Å². The van der Waals surface area contributed by atoms with Crippen LogP contribution in [0.3, 0.4) is 0 Å². The van der Waals surface area contributed by atoms with E-state index in [-0.39, 0.29) is 16.1 Å². The summed E-state index contributed by atoms with van der Waals surface area (Å²) in [6, 6.07) is 6.21. The number of carbonyl (C=O) groups is 1. The highest BCUT2D eigenvalue weighted by atomic mass is 32.2. The number of benzene rings is 1. The zero-order valence-electron chi connectivity index (χ0n) is 12.7. The van der Waals surface area contributed by atoms with Crippen molar-refractivity contribution in [3.8, 4) is 0 Å². The predicted octanol–water partition coefficient (Wildman–Crippen LogP) is 3.14. The summed E-state index contributed by atoms with van der Waals surface area (Å²) in [6.45, 7) is 4.04. The molecular formula is C16H23NO3S. The molecule has 0 saturated heterocycles. The maximum atomic E-state index is 12.4. The van der Waals surface area contributed by atoms with Crippen molar-refractivity contribution in [2.75, 3.05) is 6.54 Å². The standard InChI is InChI=1S/C16H23NO3S/c1-3-16(9-4-5-10-16)12-17-21(19,20)15-8-6-7-14(11-15)13(2)18/h6-8,11,17H,3-5,9-10,12H2,1-2H3. The summed E-state index contributed by atoms with van der Waals surface area (Å²) in [4.78, 5) is 11.5. The fourth-order valence-corrected chi connectivity index (χ4v) is 4.20. The highest BCUT2D eigenvalue weighted by Gasteiger charge is 2.33. The van der Waals surface area contributed by atoms with Gasteiger partial charge in [0.1, 0.15) is 0 Å². The maximum Gasteiger partial charge on any atom is 0.240 e. The summed E-state index contributed by atoms with van der Waals surface area (Å²) >= 11 is 0. The lowest BCUT2D eigenvalue weighted by Crippen LogP contribution is -2.35. The second-order valence-electron chi connectivity index (χ2n) is 5.97. The van der Waals surface area contributed by atoms with Crippen molar-refractivity contribution in [3.63, 3.8) is 0 Å². The average Bonchev–Trinajstić information content (AvgIpc) is 2.95. The van der Waals surface area contributed by atoms with E-state index in [2.05, 4.69) is 11.6 Å². The topological polar surface area (TPSA) is 63.2 Å². The molecule has 0 radical (unpaired) electrons. The van der Waals surface area contributed by atoms with Gasteiger partial charge in [-0.3, -0.25) is 4.79 Å². The Kier molecular flexibility index (Phi) is 4.84. The predicted molar refractivity (Wildman–Crippen MR) is 82.8 cm³/mol. The zero-order chi connectivity index (χ0) is 15.5. The lowest BCUT2D eigenvalue weighted by atomic mass is 9.84. The van der Waals surface area contributed by atoms with Crippen molar-refractivity contribution in [3.05, 3.63) is 29.8 Å². The molecule has 0 heterocycles. The molecule has 1 saturated carbocycles. The molecule has 0 amide bonds. The molecule has 1 fully saturated rings. The van der Waals surface area contributed by atoms with Crippen LogP contribution in [0.4, 0.5) is 0 Å². The van der Waals surface area contributed by atoms with Gasteiger partial charge in [-0.15, -0.1) is 0 Å². The average molecular weight is 309 g/mol. The Hall–Kier alpha value is -1.20. The monoisotopic (exact) mass is 309 g/mol. The van der Waals surface area contributed by atoms with E-state index in [1.165, 1.54) is 31.9 Å². The molecule has 116 valence electrons. The fraction of sp³-hybridized carbons (Fsp3) is 0.562. The van der Waals surface area contributed by atoms with Gasteiger partial charge in [0.15, 0.2) is 5.78 Å². The third kappa shape index (κ3) is 3.71. The largest absolute Gasteiger partial charge is 0.295 e. The van der Waals surface area contributed by atoms with E-state index in [0.29, 0.717) is 12.1 Å². The number of sulfonamides is 1. The molecule has 1 aliphatic rings. The highest BCUT2D eigenvalue weighted by Crippen LogP contribution is 2.40. The van der Waals surface area contributed by atoms with Crippen molar-refractivity contribution >= 4 is 15.8 Å². The van der Waals surface area contributed by atoms with Gasteiger partial charge >= 0.3 is 0 Å². The van der Waals surface area contributed by atoms with Gasteiger partial charge in [-0.25, -0.2) is 13.1 Å². The molecule has 4 nitrogen and oxygen atoms in total. The van der Waals surface area contributed by atoms with Crippen molar-refractivity contribution < 1.29 is 13.2 Å². The first-order valence-electron chi connectivity index (χ1n) is 7.49. The summed E-state index contributed by atoms with van der Waals surface area (Å²) in [7, 11) is -3.55. The van der Waals surface area contributed by atoms with Gasteiger partial charge in [-0.1, -0.05) is 31.9 Å². The quantitative estimate of drug-likeness (QED) is 0.821. The van der Waals surface area contributed by atoms with Gasteiger partial charge in [0, 0.05) is 12.1 Å². The Morgan fingerprint density at radius 1 is 1.29 bits per heavy atom. The molecule has 1 aromatic rings. The van der Waals surface area contributed by atoms with Crippen LogP contribution in [0.15, 0.2) is 29.2 Å². The van der Waals surface area contributed by atoms with Crippen LogP contribution in [0.5, 0.6) is 0 Å². The molecule has 0 atom stereocenters. The van der Waals surface area contributed by atoms with Crippen LogP contribution in [0.2, 0.25) is 0 Å². The second-order valence-corrected chi connectivity index (χ2v) is 7.74. The lowest BCUT2D eigenvalue weighted by molar-refractivity contribution is 0.101. The van der Waals surface area contributed by atoms with Gasteiger partial charge < -0.3 is 0 Å². The van der Waals surface area contributed by atoms with E-state index in [1.54, 1.807) is 12.1 Å². The van der Waals surface area contributed by atoms with Gasteiger partial charge in [-0.05, 0) is 43.7 Å². The maximum absolute atomic E-state index is 12.4. The molecule has 21 heavy (non-hydrogen) atoms. The van der Waals surface area contributed by atoms with Crippen LogP contribution in [0.25, 0.3) is 0 Å². The second kappa shape index (κ2) is 6.28. The molecule has 0 aliphatic heterocycles. The highest BCUT2D eigenvalue weighted by molar-refractivity contribution is 7.89. The van der Waals surface area contributed by atoms with E-state index in [1.807, 2.05) is 0 Å². The number of ketones is 1. The van der Waals surface area contributed by atoms with Gasteiger partial charge in [0.2, 0.25) is 10.0 Å². The van der Waals surface area contributed by atoms with Crippen LogP contribution < -0.4 is 4.72 Å². The Balaban J connectivity index is 2.15. The molecule has 0 spiro atoms. The molecule has 1 aliphatic carbocycles. The molecule has 1 N–H and O–H groups in total. The first-order chi connectivity index (χ1) is 9.88. The third-order valence-electron chi connectivity index (χ3n) is 4.60. The summed E-state index contributed by atoms with van der Waals surface area (Å²) < 4.78 is 27.5. The van der Waals surface area contributed by atoms with Crippen molar-refractivity contribution in [1.29, 1.82) is 0 Å². The minimum Gasteiger partial charge on any atom is -0.295 e. The smallest absolute Gasteiger partial charge is 0.240 e. The molecule has 1 aromatic carbocycles. The Bertz CT molecular complexity index is 616. The van der Waals surface area contributed by atoms with Crippen molar-refractivity contribution in [1.82, 2.24) is 4.72 Å². The van der Waals surface area contributed by atoms with Gasteiger partial charge in [0.25, 0.3) is 0 Å². The van der Waals surface area contributed by atoms with Crippen LogP contribution >= 0.6 is 0 Å². The number of hydrogen-bond donors (Lipinski definition) is 1. The Labute approximate surface area is 127 Å². The van der Waals surface area contributed by atoms with Crippen LogP contribution in [-0.4, -0.2) is 20.7 Å². The summed E-state index contributed by atoms with van der Waals surface area (Å²) in [5.74, 6) is -0.132. The molecule has 0 unspecified atom stereocenters. The number of rotatable bonds is 6. The number of hydrogen-bond acceptors (Lipinski definition) is 3. The Morgan fingerprint density at radius 3 is 2.52 bits per heavy atom. The van der Waals surface area contributed by atoms with Crippen LogP contribution in [0.1, 0.15) is 56.3 Å². The molecule has 5 heteroatoms. The van der Waals surface area contributed by atoms with E-state index < -0.39 is 10.0 Å². The summed E-state index contributed by atoms with van der Waals surface area (Å²) in [5, 5.41) is 0. The summed E-state index contributed by atoms with van der Waals surface area (Å²) in [5.41, 5.74) is 0.523. The molecule has 0 bridgehead atoms. The summed E-state index contributed by atoms with van der Waals surface area (Å²) in [6.07, 6.45) is 5.51. The van der Waals surface area contributed by atoms with Crippen LogP contribution in [-0.2, 0) is 10.0 Å². The number of Topliss-reactive ketones (excluding diaryl/α,β-unsaturated/α-hetero) is 1. The van der Waals surface area contributed by atoms with E-state index in [0.717, 1.165) is 19.3 Å². The number of carbonyl (C=O) groups excluding carboxylic acids is 1. The lowest BCUT2D eigenvalue weighted by Gasteiger charge is -2.27. The molecule has 0 aromatic heterocycles. The van der Waals surface area contributed by atoms with E-state index in [9.17, 15) is 13.2 Å².